The van der Waals surface area contributed by atoms with Gasteiger partial charge in [-0.25, -0.2) is 0 Å². The van der Waals surface area contributed by atoms with E-state index in [1.165, 1.54) is 4.90 Å². The average Bonchev–Trinajstić information content (AvgIpc) is 2.69. The van der Waals surface area contributed by atoms with E-state index in [2.05, 4.69) is 10.6 Å². The molecule has 2 rings (SSSR count). The van der Waals surface area contributed by atoms with Crippen molar-refractivity contribution in [3.05, 3.63) is 34.9 Å². The van der Waals surface area contributed by atoms with E-state index in [-0.39, 0.29) is 24.9 Å². The van der Waals surface area contributed by atoms with Gasteiger partial charge in [0, 0.05) is 13.1 Å². The van der Waals surface area contributed by atoms with Crippen molar-refractivity contribution in [3.63, 3.8) is 0 Å². The van der Waals surface area contributed by atoms with Gasteiger partial charge in [0.05, 0.1) is 23.7 Å². The van der Waals surface area contributed by atoms with E-state index in [9.17, 15) is 14.4 Å². The highest BCUT2D eigenvalue weighted by Crippen LogP contribution is 2.14. The number of nitrogens with zero attached hydrogens (tertiary/aromatic N) is 1. The highest BCUT2D eigenvalue weighted by atomic mass is 35.5. The number of hydrogen-bond donors (Lipinski definition) is 2. The lowest BCUT2D eigenvalue weighted by Gasteiger charge is -2.19. The Morgan fingerprint density at radius 3 is 2.86 bits per heavy atom. The smallest absolute Gasteiger partial charge is 0.253 e. The van der Waals surface area contributed by atoms with Crippen molar-refractivity contribution in [2.24, 2.45) is 0 Å². The zero-order valence-electron chi connectivity index (χ0n) is 11.4. The van der Waals surface area contributed by atoms with Crippen LogP contribution in [0.2, 0.25) is 5.02 Å². The number of carbonyl (C=O) groups excluding carboxylic acids is 3. The predicted molar refractivity (Wildman–Crippen MR) is 78.0 cm³/mol. The maximum absolute atomic E-state index is 12.0. The fourth-order valence-corrected chi connectivity index (χ4v) is 2.25. The SMILES string of the molecule is O=C1CN(C(=O)CNC(=O)c2ccccc2Cl)CCCN1. The average molecular weight is 310 g/mol. The van der Waals surface area contributed by atoms with Crippen molar-refractivity contribution >= 4 is 29.3 Å². The number of benzene rings is 1. The van der Waals surface area contributed by atoms with Gasteiger partial charge >= 0.3 is 0 Å². The lowest BCUT2D eigenvalue weighted by molar-refractivity contribution is -0.134. The molecule has 2 N–H and O–H groups in total. The lowest BCUT2D eigenvalue weighted by Crippen LogP contribution is -2.43. The van der Waals surface area contributed by atoms with Gasteiger partial charge in [0.25, 0.3) is 5.91 Å². The molecule has 1 saturated heterocycles. The molecule has 3 amide bonds. The van der Waals surface area contributed by atoms with Gasteiger partial charge in [0.1, 0.15) is 0 Å². The molecule has 1 aromatic carbocycles. The van der Waals surface area contributed by atoms with Gasteiger partial charge < -0.3 is 15.5 Å². The Morgan fingerprint density at radius 2 is 2.10 bits per heavy atom. The van der Waals surface area contributed by atoms with Crippen LogP contribution >= 0.6 is 11.6 Å². The monoisotopic (exact) mass is 309 g/mol. The molecule has 1 fully saturated rings. The van der Waals surface area contributed by atoms with Gasteiger partial charge in [0.15, 0.2) is 0 Å². The van der Waals surface area contributed by atoms with Gasteiger partial charge in [-0.2, -0.15) is 0 Å². The van der Waals surface area contributed by atoms with Crippen molar-refractivity contribution in [3.8, 4) is 0 Å². The van der Waals surface area contributed by atoms with E-state index in [0.29, 0.717) is 30.1 Å². The van der Waals surface area contributed by atoms with Crippen molar-refractivity contribution in [2.45, 2.75) is 6.42 Å². The molecule has 0 bridgehead atoms. The van der Waals surface area contributed by atoms with Crippen molar-refractivity contribution in [1.82, 2.24) is 15.5 Å². The van der Waals surface area contributed by atoms with Crippen LogP contribution in [0.1, 0.15) is 16.8 Å². The molecule has 0 unspecified atom stereocenters. The minimum atomic E-state index is -0.409. The standard InChI is InChI=1S/C14H16ClN3O3/c15-11-5-2-1-4-10(11)14(21)17-8-13(20)18-7-3-6-16-12(19)9-18/h1-2,4-5H,3,6-9H2,(H,16,19)(H,17,21). The van der Waals surface area contributed by atoms with Crippen LogP contribution in [-0.4, -0.2) is 48.8 Å². The molecule has 112 valence electrons. The van der Waals surface area contributed by atoms with E-state index in [4.69, 9.17) is 11.6 Å². The Kier molecular flexibility index (Phi) is 5.16. The van der Waals surface area contributed by atoms with Crippen LogP contribution in [0.5, 0.6) is 0 Å². The van der Waals surface area contributed by atoms with Gasteiger partial charge in [-0.1, -0.05) is 23.7 Å². The van der Waals surface area contributed by atoms with Crippen LogP contribution in [-0.2, 0) is 9.59 Å². The second kappa shape index (κ2) is 7.08. The summed E-state index contributed by atoms with van der Waals surface area (Å²) in [6.07, 6.45) is 0.704. The number of halogens is 1. The van der Waals surface area contributed by atoms with Crippen molar-refractivity contribution in [2.75, 3.05) is 26.2 Å². The molecule has 0 saturated carbocycles. The summed E-state index contributed by atoms with van der Waals surface area (Å²) < 4.78 is 0. The fraction of sp³-hybridized carbons (Fsp3) is 0.357. The molecule has 21 heavy (non-hydrogen) atoms. The first kappa shape index (κ1) is 15.3. The van der Waals surface area contributed by atoms with Crippen molar-refractivity contribution in [1.29, 1.82) is 0 Å². The number of amides is 3. The van der Waals surface area contributed by atoms with Crippen LogP contribution in [0, 0.1) is 0 Å². The molecule has 0 radical (unpaired) electrons. The zero-order valence-corrected chi connectivity index (χ0v) is 12.2. The second-order valence-corrected chi connectivity index (χ2v) is 5.09. The Balaban J connectivity index is 1.90. The summed E-state index contributed by atoms with van der Waals surface area (Å²) in [6, 6.07) is 6.61. The molecule has 0 atom stereocenters. The minimum absolute atomic E-state index is 0.0286. The molecule has 1 aromatic rings. The Labute approximate surface area is 127 Å². The zero-order chi connectivity index (χ0) is 15.2. The number of carbonyl (C=O) groups is 3. The molecule has 1 heterocycles. The fourth-order valence-electron chi connectivity index (χ4n) is 2.03. The summed E-state index contributed by atoms with van der Waals surface area (Å²) in [5.41, 5.74) is 0.320. The summed E-state index contributed by atoms with van der Waals surface area (Å²) in [5.74, 6) is -0.876. The molecular formula is C14H16ClN3O3. The molecule has 0 aliphatic carbocycles. The minimum Gasteiger partial charge on any atom is -0.354 e. The summed E-state index contributed by atoms with van der Waals surface area (Å²) in [5, 5.41) is 5.55. The lowest BCUT2D eigenvalue weighted by atomic mass is 10.2. The first-order valence-electron chi connectivity index (χ1n) is 6.65. The quantitative estimate of drug-likeness (QED) is 0.849. The molecule has 0 aromatic heterocycles. The molecular weight excluding hydrogens is 294 g/mol. The highest BCUT2D eigenvalue weighted by molar-refractivity contribution is 6.33. The van der Waals surface area contributed by atoms with E-state index >= 15 is 0 Å². The van der Waals surface area contributed by atoms with Gasteiger partial charge in [0.2, 0.25) is 11.8 Å². The highest BCUT2D eigenvalue weighted by Gasteiger charge is 2.20. The van der Waals surface area contributed by atoms with Crippen LogP contribution in [0.25, 0.3) is 0 Å². The topological polar surface area (TPSA) is 78.5 Å². The number of hydrogen-bond acceptors (Lipinski definition) is 3. The third-order valence-corrected chi connectivity index (χ3v) is 3.46. The van der Waals surface area contributed by atoms with E-state index < -0.39 is 5.91 Å². The second-order valence-electron chi connectivity index (χ2n) is 4.68. The largest absolute Gasteiger partial charge is 0.354 e. The normalized spacial score (nSPS) is 15.1. The summed E-state index contributed by atoms with van der Waals surface area (Å²) in [4.78, 5) is 36.8. The maximum Gasteiger partial charge on any atom is 0.253 e. The van der Waals surface area contributed by atoms with Crippen LogP contribution in [0.15, 0.2) is 24.3 Å². The number of rotatable bonds is 3. The van der Waals surface area contributed by atoms with Gasteiger partial charge in [-0.3, -0.25) is 14.4 Å². The van der Waals surface area contributed by atoms with Crippen LogP contribution in [0.3, 0.4) is 0 Å². The first-order valence-corrected chi connectivity index (χ1v) is 7.03. The number of nitrogens with one attached hydrogen (secondary N) is 2. The van der Waals surface area contributed by atoms with Gasteiger partial charge in [-0.05, 0) is 18.6 Å². The Bertz CT molecular complexity index is 562. The van der Waals surface area contributed by atoms with E-state index in [1.54, 1.807) is 24.3 Å². The van der Waals surface area contributed by atoms with Crippen LogP contribution < -0.4 is 10.6 Å². The molecule has 0 spiro atoms. The Hall–Kier alpha value is -2.08. The molecule has 1 aliphatic heterocycles. The third-order valence-electron chi connectivity index (χ3n) is 3.13. The molecule has 7 heteroatoms. The van der Waals surface area contributed by atoms with Gasteiger partial charge in [-0.15, -0.1) is 0 Å². The molecule has 1 aliphatic rings. The van der Waals surface area contributed by atoms with Crippen LogP contribution in [0.4, 0.5) is 0 Å². The summed E-state index contributed by atoms with van der Waals surface area (Å²) in [7, 11) is 0. The Morgan fingerprint density at radius 1 is 1.33 bits per heavy atom. The third kappa shape index (κ3) is 4.19. The maximum atomic E-state index is 12.0. The van der Waals surface area contributed by atoms with Crippen molar-refractivity contribution < 1.29 is 14.4 Å². The van der Waals surface area contributed by atoms with E-state index in [0.717, 1.165) is 0 Å². The summed E-state index contributed by atoms with van der Waals surface area (Å²) >= 11 is 5.91. The van der Waals surface area contributed by atoms with E-state index in [1.807, 2.05) is 0 Å². The first-order chi connectivity index (χ1) is 10.1. The molecule has 6 nitrogen and oxygen atoms in total. The summed E-state index contributed by atoms with van der Waals surface area (Å²) in [6.45, 7) is 0.937. The predicted octanol–water partition coefficient (Wildman–Crippen LogP) is 0.418.